The fourth-order valence-electron chi connectivity index (χ4n) is 2.39. The molecule has 0 radical (unpaired) electrons. The predicted molar refractivity (Wildman–Crippen MR) is 91.1 cm³/mol. The van der Waals surface area contributed by atoms with Crippen LogP contribution in [0.5, 0.6) is 0 Å². The molecule has 0 atom stereocenters. The number of allylic oxidation sites excluding steroid dienone is 1. The number of terminal acetylenes is 1. The van der Waals surface area contributed by atoms with Gasteiger partial charge in [-0.25, -0.2) is 0 Å². The van der Waals surface area contributed by atoms with Crippen LogP contribution in [0.2, 0.25) is 25.7 Å². The Balaban J connectivity index is 5.54. The van der Waals surface area contributed by atoms with Crippen LogP contribution in [0.1, 0.15) is 26.7 Å². The molecule has 0 heterocycles. The van der Waals surface area contributed by atoms with E-state index in [0.29, 0.717) is 0 Å². The first-order chi connectivity index (χ1) is 10.1. The lowest BCUT2D eigenvalue weighted by Crippen LogP contribution is -2.42. The molecule has 0 aliphatic rings. The topological polar surface area (TPSA) is 52.6 Å². The van der Waals surface area contributed by atoms with Gasteiger partial charge in [-0.3, -0.25) is 9.59 Å². The summed E-state index contributed by atoms with van der Waals surface area (Å²) < 4.78 is 10.2. The normalized spacial score (nSPS) is 11.5. The van der Waals surface area contributed by atoms with Gasteiger partial charge >= 0.3 is 11.9 Å². The quantitative estimate of drug-likeness (QED) is 0.214. The largest absolute Gasteiger partial charge is 0.465 e. The Morgan fingerprint density at radius 2 is 1.59 bits per heavy atom. The second kappa shape index (κ2) is 8.79. The lowest BCUT2D eigenvalue weighted by atomic mass is 9.79. The summed E-state index contributed by atoms with van der Waals surface area (Å²) in [6.07, 6.45) is 5.53. The van der Waals surface area contributed by atoms with E-state index in [-0.39, 0.29) is 26.1 Å². The number of carbonyl (C=O) groups is 2. The van der Waals surface area contributed by atoms with E-state index >= 15 is 0 Å². The van der Waals surface area contributed by atoms with Gasteiger partial charge in [0.15, 0.2) is 5.41 Å². The van der Waals surface area contributed by atoms with E-state index in [2.05, 4.69) is 32.1 Å². The zero-order valence-electron chi connectivity index (χ0n) is 14.5. The molecular formula is C17H28O4Si. The van der Waals surface area contributed by atoms with Crippen LogP contribution in [0.3, 0.4) is 0 Å². The first-order valence-corrected chi connectivity index (χ1v) is 11.3. The van der Waals surface area contributed by atoms with Gasteiger partial charge in [0.2, 0.25) is 0 Å². The Labute approximate surface area is 135 Å². The van der Waals surface area contributed by atoms with Crippen molar-refractivity contribution < 1.29 is 19.1 Å². The summed E-state index contributed by atoms with van der Waals surface area (Å²) in [5.74, 6) is 1.18. The van der Waals surface area contributed by atoms with Crippen LogP contribution >= 0.6 is 0 Å². The number of esters is 2. The van der Waals surface area contributed by atoms with E-state index in [4.69, 9.17) is 15.9 Å². The molecule has 5 heteroatoms. The minimum atomic E-state index is -1.47. The number of rotatable bonds is 9. The van der Waals surface area contributed by atoms with Gasteiger partial charge in [-0.1, -0.05) is 25.2 Å². The van der Waals surface area contributed by atoms with E-state index in [9.17, 15) is 9.59 Å². The van der Waals surface area contributed by atoms with Crippen LogP contribution in [-0.2, 0) is 19.1 Å². The van der Waals surface area contributed by atoms with Gasteiger partial charge in [0.25, 0.3) is 0 Å². The lowest BCUT2D eigenvalue weighted by molar-refractivity contribution is -0.171. The van der Waals surface area contributed by atoms with Crippen LogP contribution < -0.4 is 0 Å². The molecule has 0 rings (SSSR count). The Morgan fingerprint density at radius 3 is 1.91 bits per heavy atom. The van der Waals surface area contributed by atoms with Crippen molar-refractivity contribution in [3.05, 3.63) is 12.2 Å². The molecule has 4 nitrogen and oxygen atoms in total. The molecule has 22 heavy (non-hydrogen) atoms. The standard InChI is InChI=1S/C17H28O4Si/c1-8-11-17(15(18)20-9-2,16(19)21-10-3)12-14(4)13-22(5,6)7/h1H,4,9-13H2,2-3,5-7H3. The van der Waals surface area contributed by atoms with Gasteiger partial charge in [0, 0.05) is 14.5 Å². The van der Waals surface area contributed by atoms with Crippen LogP contribution in [-0.4, -0.2) is 33.2 Å². The number of ether oxygens (including phenoxy) is 2. The molecule has 0 bridgehead atoms. The van der Waals surface area contributed by atoms with Crippen LogP contribution in [0.15, 0.2) is 12.2 Å². The van der Waals surface area contributed by atoms with Gasteiger partial charge < -0.3 is 9.47 Å². The monoisotopic (exact) mass is 324 g/mol. The van der Waals surface area contributed by atoms with Crippen LogP contribution in [0.25, 0.3) is 0 Å². The number of carbonyl (C=O) groups excluding carboxylic acids is 2. The van der Waals surface area contributed by atoms with Crippen molar-refractivity contribution in [2.75, 3.05) is 13.2 Å². The Kier molecular flexibility index (Phi) is 8.18. The van der Waals surface area contributed by atoms with E-state index in [1.54, 1.807) is 13.8 Å². The minimum Gasteiger partial charge on any atom is -0.465 e. The Morgan fingerprint density at radius 1 is 1.14 bits per heavy atom. The van der Waals surface area contributed by atoms with Crippen molar-refractivity contribution in [2.45, 2.75) is 52.4 Å². The molecule has 0 spiro atoms. The summed E-state index contributed by atoms with van der Waals surface area (Å²) in [4.78, 5) is 24.8. The maximum absolute atomic E-state index is 12.4. The van der Waals surface area contributed by atoms with E-state index in [1.807, 2.05) is 0 Å². The van der Waals surface area contributed by atoms with Crippen molar-refractivity contribution >= 4 is 20.0 Å². The average Bonchev–Trinajstić information content (AvgIpc) is 2.36. The zero-order valence-corrected chi connectivity index (χ0v) is 15.5. The van der Waals surface area contributed by atoms with Crippen LogP contribution in [0.4, 0.5) is 0 Å². The molecule has 124 valence electrons. The molecule has 0 aromatic heterocycles. The minimum absolute atomic E-state index is 0.0462. The highest BCUT2D eigenvalue weighted by molar-refractivity contribution is 6.76. The highest BCUT2D eigenvalue weighted by atomic mass is 28.3. The number of hydrogen-bond donors (Lipinski definition) is 0. The first-order valence-electron chi connectivity index (χ1n) is 7.57. The summed E-state index contributed by atoms with van der Waals surface area (Å²) >= 11 is 0. The molecule has 0 aromatic carbocycles. The smallest absolute Gasteiger partial charge is 0.324 e. The van der Waals surface area contributed by atoms with Gasteiger partial charge in [-0.15, -0.1) is 18.9 Å². The van der Waals surface area contributed by atoms with Crippen molar-refractivity contribution in [2.24, 2.45) is 5.41 Å². The Hall–Kier alpha value is -1.54. The third-order valence-electron chi connectivity index (χ3n) is 3.07. The van der Waals surface area contributed by atoms with Gasteiger partial charge in [0.05, 0.1) is 13.2 Å². The van der Waals surface area contributed by atoms with Crippen molar-refractivity contribution in [3.63, 3.8) is 0 Å². The van der Waals surface area contributed by atoms with E-state index < -0.39 is 25.4 Å². The molecule has 0 saturated heterocycles. The highest BCUT2D eigenvalue weighted by Gasteiger charge is 2.48. The van der Waals surface area contributed by atoms with Gasteiger partial charge in [-0.05, 0) is 26.3 Å². The fraction of sp³-hybridized carbons (Fsp3) is 0.647. The zero-order chi connectivity index (χ0) is 17.4. The van der Waals surface area contributed by atoms with E-state index in [1.165, 1.54) is 0 Å². The van der Waals surface area contributed by atoms with Crippen LogP contribution in [0, 0.1) is 17.8 Å². The molecule has 0 fully saturated rings. The van der Waals surface area contributed by atoms with Gasteiger partial charge in [0.1, 0.15) is 0 Å². The summed E-state index contributed by atoms with van der Waals surface area (Å²) in [5.41, 5.74) is -0.632. The predicted octanol–water partition coefficient (Wildman–Crippen LogP) is 3.41. The molecule has 0 amide bonds. The van der Waals surface area contributed by atoms with Gasteiger partial charge in [-0.2, -0.15) is 0 Å². The Bertz CT molecular complexity index is 436. The maximum Gasteiger partial charge on any atom is 0.324 e. The highest BCUT2D eigenvalue weighted by Crippen LogP contribution is 2.35. The lowest BCUT2D eigenvalue weighted by Gasteiger charge is -2.29. The first kappa shape index (κ1) is 20.5. The molecule has 0 aromatic rings. The molecule has 0 unspecified atom stereocenters. The molecule has 0 aliphatic carbocycles. The summed E-state index contributed by atoms with van der Waals surface area (Å²) in [6.45, 7) is 14.4. The SMILES string of the molecule is C#CCC(CC(=C)C[Si](C)(C)C)(C(=O)OCC)C(=O)OCC. The second-order valence-corrected chi connectivity index (χ2v) is 12.0. The molecule has 0 aliphatic heterocycles. The molecule has 0 N–H and O–H groups in total. The second-order valence-electron chi connectivity index (χ2n) is 6.57. The van der Waals surface area contributed by atoms with Crippen molar-refractivity contribution in [1.82, 2.24) is 0 Å². The molecule has 0 saturated carbocycles. The third-order valence-corrected chi connectivity index (χ3v) is 4.63. The summed E-state index contributed by atoms with van der Waals surface area (Å²) in [7, 11) is -1.40. The van der Waals surface area contributed by atoms with E-state index in [0.717, 1.165) is 11.6 Å². The van der Waals surface area contributed by atoms with Crippen molar-refractivity contribution in [1.29, 1.82) is 0 Å². The molecular weight excluding hydrogens is 296 g/mol. The average molecular weight is 324 g/mol. The third kappa shape index (κ3) is 6.06. The maximum atomic E-state index is 12.4. The van der Waals surface area contributed by atoms with Crippen molar-refractivity contribution in [3.8, 4) is 12.3 Å². The fourth-order valence-corrected chi connectivity index (χ4v) is 4.01. The summed E-state index contributed by atoms with van der Waals surface area (Å²) in [5, 5.41) is 0. The number of hydrogen-bond acceptors (Lipinski definition) is 4. The summed E-state index contributed by atoms with van der Waals surface area (Å²) in [6, 6.07) is 0.818.